The molecule has 1 saturated heterocycles. The van der Waals surface area contributed by atoms with Crippen molar-refractivity contribution in [3.05, 3.63) is 35.4 Å². The van der Waals surface area contributed by atoms with Gasteiger partial charge in [0.2, 0.25) is 0 Å². The molecular formula is C22H38N2. The normalized spacial score (nSPS) is 16.0. The van der Waals surface area contributed by atoms with Gasteiger partial charge in [-0.15, -0.1) is 0 Å². The van der Waals surface area contributed by atoms with E-state index in [0.29, 0.717) is 0 Å². The largest absolute Gasteiger partial charge is 0.314 e. The Morgan fingerprint density at radius 1 is 0.917 bits per heavy atom. The zero-order valence-electron chi connectivity index (χ0n) is 16.0. The van der Waals surface area contributed by atoms with Crippen molar-refractivity contribution in [1.82, 2.24) is 10.2 Å². The van der Waals surface area contributed by atoms with Crippen LogP contribution in [0.5, 0.6) is 0 Å². The van der Waals surface area contributed by atoms with E-state index in [-0.39, 0.29) is 0 Å². The van der Waals surface area contributed by atoms with Crippen LogP contribution in [-0.4, -0.2) is 31.1 Å². The van der Waals surface area contributed by atoms with Crippen LogP contribution in [0.1, 0.15) is 82.3 Å². The number of unbranched alkanes of at least 4 members (excludes halogenated alkanes) is 4. The summed E-state index contributed by atoms with van der Waals surface area (Å²) in [7, 11) is 0. The van der Waals surface area contributed by atoms with Crippen molar-refractivity contribution in [2.75, 3.05) is 26.2 Å². The molecule has 136 valence electrons. The number of rotatable bonds is 11. The molecule has 1 heterocycles. The summed E-state index contributed by atoms with van der Waals surface area (Å²) in [5, 5.41) is 3.46. The lowest BCUT2D eigenvalue weighted by Gasteiger charge is -2.29. The Labute approximate surface area is 150 Å². The van der Waals surface area contributed by atoms with Gasteiger partial charge in [0.05, 0.1) is 0 Å². The Hall–Kier alpha value is -0.860. The Bertz CT molecular complexity index is 427. The highest BCUT2D eigenvalue weighted by Gasteiger charge is 2.17. The van der Waals surface area contributed by atoms with Gasteiger partial charge in [-0.05, 0) is 29.9 Å². The SMILES string of the molecule is CCCCCC(CCCCC)c1ccccc1CN1CCNCC1. The number of nitrogens with one attached hydrogen (secondary N) is 1. The van der Waals surface area contributed by atoms with Crippen LogP contribution in [0.4, 0.5) is 0 Å². The molecule has 1 aromatic carbocycles. The van der Waals surface area contributed by atoms with Crippen LogP contribution < -0.4 is 5.32 Å². The van der Waals surface area contributed by atoms with E-state index in [0.717, 1.165) is 25.6 Å². The third kappa shape index (κ3) is 6.57. The lowest BCUT2D eigenvalue weighted by atomic mass is 9.85. The molecule has 2 heteroatoms. The zero-order valence-corrected chi connectivity index (χ0v) is 16.0. The number of hydrogen-bond acceptors (Lipinski definition) is 2. The minimum Gasteiger partial charge on any atom is -0.314 e. The van der Waals surface area contributed by atoms with Crippen molar-refractivity contribution in [3.8, 4) is 0 Å². The van der Waals surface area contributed by atoms with Crippen molar-refractivity contribution < 1.29 is 0 Å². The second-order valence-electron chi connectivity index (χ2n) is 7.41. The van der Waals surface area contributed by atoms with Gasteiger partial charge in [0, 0.05) is 32.7 Å². The summed E-state index contributed by atoms with van der Waals surface area (Å²) in [6.45, 7) is 10.4. The van der Waals surface area contributed by atoms with Crippen molar-refractivity contribution in [2.24, 2.45) is 0 Å². The van der Waals surface area contributed by atoms with Gasteiger partial charge in [-0.2, -0.15) is 0 Å². The van der Waals surface area contributed by atoms with E-state index in [4.69, 9.17) is 0 Å². The summed E-state index contributed by atoms with van der Waals surface area (Å²) in [4.78, 5) is 2.62. The maximum Gasteiger partial charge on any atom is 0.0237 e. The van der Waals surface area contributed by atoms with E-state index in [9.17, 15) is 0 Å². The van der Waals surface area contributed by atoms with E-state index in [1.807, 2.05) is 0 Å². The number of benzene rings is 1. The Balaban J connectivity index is 2.04. The predicted octanol–water partition coefficient (Wildman–Crippen LogP) is 5.34. The highest BCUT2D eigenvalue weighted by atomic mass is 15.2. The van der Waals surface area contributed by atoms with Gasteiger partial charge in [0.25, 0.3) is 0 Å². The molecule has 0 unspecified atom stereocenters. The summed E-state index contributed by atoms with van der Waals surface area (Å²) in [5.74, 6) is 0.766. The number of hydrogen-bond donors (Lipinski definition) is 1. The fourth-order valence-electron chi connectivity index (χ4n) is 3.92. The van der Waals surface area contributed by atoms with E-state index in [2.05, 4.69) is 48.3 Å². The van der Waals surface area contributed by atoms with Crippen molar-refractivity contribution in [1.29, 1.82) is 0 Å². The highest BCUT2D eigenvalue weighted by molar-refractivity contribution is 5.30. The molecule has 0 bridgehead atoms. The second-order valence-corrected chi connectivity index (χ2v) is 7.41. The molecule has 0 amide bonds. The Kier molecular flexibility index (Phi) is 9.45. The highest BCUT2D eigenvalue weighted by Crippen LogP contribution is 2.31. The molecule has 2 nitrogen and oxygen atoms in total. The average Bonchev–Trinajstić information content (AvgIpc) is 2.62. The molecule has 0 spiro atoms. The lowest BCUT2D eigenvalue weighted by molar-refractivity contribution is 0.232. The topological polar surface area (TPSA) is 15.3 Å². The molecule has 0 atom stereocenters. The van der Waals surface area contributed by atoms with E-state index >= 15 is 0 Å². The van der Waals surface area contributed by atoms with E-state index in [1.165, 1.54) is 64.5 Å². The third-order valence-electron chi connectivity index (χ3n) is 5.41. The lowest BCUT2D eigenvalue weighted by Crippen LogP contribution is -2.43. The first-order chi connectivity index (χ1) is 11.8. The molecule has 24 heavy (non-hydrogen) atoms. The predicted molar refractivity (Wildman–Crippen MR) is 106 cm³/mol. The van der Waals surface area contributed by atoms with Crippen LogP contribution in [0.15, 0.2) is 24.3 Å². The number of nitrogens with zero attached hydrogens (tertiary/aromatic N) is 1. The van der Waals surface area contributed by atoms with E-state index in [1.54, 1.807) is 11.1 Å². The molecule has 0 radical (unpaired) electrons. The molecular weight excluding hydrogens is 292 g/mol. The quantitative estimate of drug-likeness (QED) is 0.551. The third-order valence-corrected chi connectivity index (χ3v) is 5.41. The molecule has 1 aliphatic rings. The first-order valence-electron chi connectivity index (χ1n) is 10.4. The standard InChI is InChI=1S/C22H38N2/c1-3-5-7-11-20(12-8-6-4-2)22-14-10-9-13-21(22)19-24-17-15-23-16-18-24/h9-10,13-14,20,23H,3-8,11-12,15-19H2,1-2H3. The average molecular weight is 331 g/mol. The van der Waals surface area contributed by atoms with Gasteiger partial charge in [-0.1, -0.05) is 76.6 Å². The minimum absolute atomic E-state index is 0.766. The molecule has 1 aliphatic heterocycles. The van der Waals surface area contributed by atoms with Crippen LogP contribution in [0, 0.1) is 0 Å². The summed E-state index contributed by atoms with van der Waals surface area (Å²) >= 11 is 0. The van der Waals surface area contributed by atoms with Crippen molar-refractivity contribution >= 4 is 0 Å². The fraction of sp³-hybridized carbons (Fsp3) is 0.727. The van der Waals surface area contributed by atoms with E-state index < -0.39 is 0 Å². The minimum atomic E-state index is 0.766. The van der Waals surface area contributed by atoms with Gasteiger partial charge in [0.1, 0.15) is 0 Å². The summed E-state index contributed by atoms with van der Waals surface area (Å²) in [5.41, 5.74) is 3.22. The monoisotopic (exact) mass is 330 g/mol. The molecule has 0 aliphatic carbocycles. The molecule has 0 aromatic heterocycles. The van der Waals surface area contributed by atoms with Gasteiger partial charge in [-0.3, -0.25) is 4.90 Å². The zero-order chi connectivity index (χ0) is 17.0. The van der Waals surface area contributed by atoms with Crippen LogP contribution >= 0.6 is 0 Å². The molecule has 1 aromatic rings. The maximum absolute atomic E-state index is 3.46. The van der Waals surface area contributed by atoms with Gasteiger partial charge >= 0.3 is 0 Å². The molecule has 1 fully saturated rings. The molecule has 2 rings (SSSR count). The van der Waals surface area contributed by atoms with Crippen LogP contribution in [0.25, 0.3) is 0 Å². The second kappa shape index (κ2) is 11.7. The van der Waals surface area contributed by atoms with Crippen LogP contribution in [-0.2, 0) is 6.54 Å². The van der Waals surface area contributed by atoms with Crippen molar-refractivity contribution in [3.63, 3.8) is 0 Å². The van der Waals surface area contributed by atoms with Gasteiger partial charge in [-0.25, -0.2) is 0 Å². The number of piperazine rings is 1. The summed E-state index contributed by atoms with van der Waals surface area (Å²) in [6.07, 6.45) is 10.9. The molecule has 0 saturated carbocycles. The van der Waals surface area contributed by atoms with Crippen LogP contribution in [0.3, 0.4) is 0 Å². The maximum atomic E-state index is 3.46. The first-order valence-corrected chi connectivity index (χ1v) is 10.4. The molecule has 1 N–H and O–H groups in total. The van der Waals surface area contributed by atoms with Crippen LogP contribution in [0.2, 0.25) is 0 Å². The first kappa shape index (κ1) is 19.5. The van der Waals surface area contributed by atoms with Crippen molar-refractivity contribution in [2.45, 2.75) is 77.7 Å². The Morgan fingerprint density at radius 2 is 1.54 bits per heavy atom. The smallest absolute Gasteiger partial charge is 0.0237 e. The van der Waals surface area contributed by atoms with Gasteiger partial charge in [0.15, 0.2) is 0 Å². The Morgan fingerprint density at radius 3 is 2.17 bits per heavy atom. The summed E-state index contributed by atoms with van der Waals surface area (Å²) in [6, 6.07) is 9.28. The van der Waals surface area contributed by atoms with Gasteiger partial charge < -0.3 is 5.32 Å². The summed E-state index contributed by atoms with van der Waals surface area (Å²) < 4.78 is 0. The fourth-order valence-corrected chi connectivity index (χ4v) is 3.92.